The minimum Gasteiger partial charge on any atom is -0.462 e. The molecule has 0 aromatic rings. The Balaban J connectivity index is 4.16. The number of rotatable bonds is 67. The van der Waals surface area contributed by atoms with Gasteiger partial charge in [0, 0.05) is 19.3 Å². The van der Waals surface area contributed by atoms with E-state index in [1.807, 2.05) is 0 Å². The van der Waals surface area contributed by atoms with Crippen molar-refractivity contribution in [3.05, 3.63) is 72.9 Å². The molecule has 0 aliphatic heterocycles. The quantitative estimate of drug-likeness (QED) is 0.0261. The fraction of sp³-hybridized carbons (Fsp3) is 0.805. The van der Waals surface area contributed by atoms with Crippen LogP contribution in [0.2, 0.25) is 0 Å². The molecule has 0 amide bonds. The van der Waals surface area contributed by atoms with Crippen molar-refractivity contribution in [2.45, 2.75) is 386 Å². The Hall–Kier alpha value is -3.15. The number of carbonyl (C=O) groups excluding carboxylic acids is 3. The molecule has 0 bridgehead atoms. The lowest BCUT2D eigenvalue weighted by Crippen LogP contribution is -2.30. The molecule has 0 aromatic carbocycles. The van der Waals surface area contributed by atoms with Gasteiger partial charge < -0.3 is 14.2 Å². The van der Waals surface area contributed by atoms with Gasteiger partial charge in [0.1, 0.15) is 13.2 Å². The second-order valence-corrected chi connectivity index (χ2v) is 24.5. The van der Waals surface area contributed by atoms with E-state index in [4.69, 9.17) is 14.2 Å². The summed E-state index contributed by atoms with van der Waals surface area (Å²) in [6, 6.07) is 0. The van der Waals surface area contributed by atoms with Gasteiger partial charge in [-0.25, -0.2) is 0 Å². The van der Waals surface area contributed by atoms with Gasteiger partial charge >= 0.3 is 17.9 Å². The average Bonchev–Trinajstić information content (AvgIpc) is 3.49. The van der Waals surface area contributed by atoms with Crippen LogP contribution in [0.4, 0.5) is 0 Å². The van der Waals surface area contributed by atoms with E-state index in [-0.39, 0.29) is 31.1 Å². The molecule has 1 atom stereocenters. The summed E-state index contributed by atoms with van der Waals surface area (Å²) in [4.78, 5) is 38.4. The number of esters is 3. The van der Waals surface area contributed by atoms with Crippen LogP contribution in [0.5, 0.6) is 0 Å². The van der Waals surface area contributed by atoms with E-state index in [1.165, 1.54) is 238 Å². The first kappa shape index (κ1) is 79.8. The van der Waals surface area contributed by atoms with Crippen LogP contribution < -0.4 is 0 Å². The highest BCUT2D eigenvalue weighted by atomic mass is 16.6. The average molecular weight is 1160 g/mol. The van der Waals surface area contributed by atoms with Crippen molar-refractivity contribution in [3.63, 3.8) is 0 Å². The highest BCUT2D eigenvalue weighted by Crippen LogP contribution is 2.18. The third-order valence-corrected chi connectivity index (χ3v) is 16.2. The lowest BCUT2D eigenvalue weighted by atomic mass is 10.0. The van der Waals surface area contributed by atoms with Crippen molar-refractivity contribution in [2.75, 3.05) is 13.2 Å². The Morgan fingerprint density at radius 1 is 0.253 bits per heavy atom. The standard InChI is InChI=1S/C77H138O6/c1-4-7-10-13-16-19-22-25-27-29-31-32-33-34-35-36-37-38-39-40-41-42-43-44-46-47-49-52-55-58-61-64-67-70-76(79)82-73-74(72-81-75(78)69-66-63-60-57-54-51-24-21-18-15-12-9-6-3)83-77(80)71-68-65-62-59-56-53-50-48-45-30-28-26-23-20-17-14-11-8-5-2/h8,11,17,20-21,24,26,28-29,31,45,48,74H,4-7,9-10,12-16,18-19,22-23,25,27,30,32-44,46-47,49-73H2,1-3H3/b11-8-,20-17-,24-21-,28-26-,31-29-,48-45-. The Kier molecular flexibility index (Phi) is 68.6. The molecule has 0 radical (unpaired) electrons. The fourth-order valence-corrected chi connectivity index (χ4v) is 10.7. The Bertz CT molecular complexity index is 1520. The monoisotopic (exact) mass is 1160 g/mol. The van der Waals surface area contributed by atoms with Crippen LogP contribution in [0.15, 0.2) is 72.9 Å². The molecule has 0 aromatic heterocycles. The van der Waals surface area contributed by atoms with E-state index >= 15 is 0 Å². The Labute approximate surface area is 516 Å². The van der Waals surface area contributed by atoms with Crippen molar-refractivity contribution in [1.82, 2.24) is 0 Å². The second-order valence-electron chi connectivity index (χ2n) is 24.5. The predicted molar refractivity (Wildman–Crippen MR) is 362 cm³/mol. The van der Waals surface area contributed by atoms with Crippen LogP contribution in [0, 0.1) is 0 Å². The van der Waals surface area contributed by atoms with Gasteiger partial charge in [0.25, 0.3) is 0 Å². The van der Waals surface area contributed by atoms with Crippen LogP contribution >= 0.6 is 0 Å². The maximum absolute atomic E-state index is 12.9. The zero-order valence-electron chi connectivity index (χ0n) is 55.5. The van der Waals surface area contributed by atoms with Gasteiger partial charge in [-0.15, -0.1) is 0 Å². The third-order valence-electron chi connectivity index (χ3n) is 16.2. The third kappa shape index (κ3) is 69.5. The van der Waals surface area contributed by atoms with Gasteiger partial charge in [-0.3, -0.25) is 14.4 Å². The first-order chi connectivity index (χ1) is 41.0. The number of carbonyl (C=O) groups is 3. The molecular formula is C77H138O6. The number of hydrogen-bond acceptors (Lipinski definition) is 6. The molecule has 0 rings (SSSR count). The number of hydrogen-bond donors (Lipinski definition) is 0. The van der Waals surface area contributed by atoms with Gasteiger partial charge in [0.2, 0.25) is 0 Å². The minimum absolute atomic E-state index is 0.0807. The summed E-state index contributed by atoms with van der Waals surface area (Å²) in [5.74, 6) is -0.884. The molecule has 0 heterocycles. The van der Waals surface area contributed by atoms with E-state index < -0.39 is 6.10 Å². The van der Waals surface area contributed by atoms with Crippen LogP contribution in [0.3, 0.4) is 0 Å². The molecule has 83 heavy (non-hydrogen) atoms. The van der Waals surface area contributed by atoms with E-state index in [1.54, 1.807) is 0 Å². The zero-order chi connectivity index (χ0) is 59.9. The molecule has 6 nitrogen and oxygen atoms in total. The summed E-state index contributed by atoms with van der Waals surface area (Å²) in [6.07, 6.45) is 93.8. The SMILES string of the molecule is CC/C=C\C/C=C\C/C=C\C/C=C\CCCCCCCCC(=O)OC(COC(=O)CCCCCCC/C=C\CCCCCC)COC(=O)CCCCCCCCCCCCCCCCCCCCCCC/C=C\CCCCCCCCCC. The van der Waals surface area contributed by atoms with Crippen molar-refractivity contribution in [2.24, 2.45) is 0 Å². The van der Waals surface area contributed by atoms with Crippen LogP contribution in [0.1, 0.15) is 380 Å². The van der Waals surface area contributed by atoms with Crippen LogP contribution in [-0.4, -0.2) is 37.2 Å². The number of unbranched alkanes of at least 4 members (excludes halogenated alkanes) is 44. The zero-order valence-corrected chi connectivity index (χ0v) is 55.5. The number of allylic oxidation sites excluding steroid dienone is 12. The molecule has 6 heteroatoms. The lowest BCUT2D eigenvalue weighted by Gasteiger charge is -2.18. The highest BCUT2D eigenvalue weighted by molar-refractivity contribution is 5.71. The highest BCUT2D eigenvalue weighted by Gasteiger charge is 2.19. The molecule has 0 aliphatic rings. The van der Waals surface area contributed by atoms with E-state index in [0.717, 1.165) is 103 Å². The minimum atomic E-state index is -0.787. The van der Waals surface area contributed by atoms with Gasteiger partial charge in [0.15, 0.2) is 6.10 Å². The largest absolute Gasteiger partial charge is 0.462 e. The summed E-state index contributed by atoms with van der Waals surface area (Å²) < 4.78 is 17.0. The maximum atomic E-state index is 12.9. The summed E-state index contributed by atoms with van der Waals surface area (Å²) in [5, 5.41) is 0. The molecule has 0 fully saturated rings. The van der Waals surface area contributed by atoms with Gasteiger partial charge in [-0.1, -0.05) is 325 Å². The topological polar surface area (TPSA) is 78.9 Å². The van der Waals surface area contributed by atoms with Gasteiger partial charge in [0.05, 0.1) is 0 Å². The van der Waals surface area contributed by atoms with Gasteiger partial charge in [-0.05, 0) is 109 Å². The molecular weight excluding hydrogens is 1020 g/mol. The van der Waals surface area contributed by atoms with Crippen LogP contribution in [0.25, 0.3) is 0 Å². The smallest absolute Gasteiger partial charge is 0.306 e. The summed E-state index contributed by atoms with van der Waals surface area (Å²) in [6.45, 7) is 6.54. The van der Waals surface area contributed by atoms with E-state index in [9.17, 15) is 14.4 Å². The molecule has 482 valence electrons. The summed E-state index contributed by atoms with van der Waals surface area (Å²) in [7, 11) is 0. The van der Waals surface area contributed by atoms with Crippen LogP contribution in [-0.2, 0) is 28.6 Å². The normalized spacial score (nSPS) is 12.5. The van der Waals surface area contributed by atoms with Gasteiger partial charge in [-0.2, -0.15) is 0 Å². The molecule has 1 unspecified atom stereocenters. The first-order valence-electron chi connectivity index (χ1n) is 36.4. The predicted octanol–water partition coefficient (Wildman–Crippen LogP) is 25.2. The molecule has 0 saturated carbocycles. The first-order valence-corrected chi connectivity index (χ1v) is 36.4. The molecule has 0 N–H and O–H groups in total. The summed E-state index contributed by atoms with van der Waals surface area (Å²) >= 11 is 0. The maximum Gasteiger partial charge on any atom is 0.306 e. The second kappa shape index (κ2) is 71.3. The van der Waals surface area contributed by atoms with Crippen molar-refractivity contribution in [3.8, 4) is 0 Å². The fourth-order valence-electron chi connectivity index (χ4n) is 10.7. The lowest BCUT2D eigenvalue weighted by molar-refractivity contribution is -0.167. The Morgan fingerprint density at radius 2 is 0.470 bits per heavy atom. The molecule has 0 saturated heterocycles. The van der Waals surface area contributed by atoms with Crippen molar-refractivity contribution in [1.29, 1.82) is 0 Å². The van der Waals surface area contributed by atoms with E-state index in [0.29, 0.717) is 19.3 Å². The number of ether oxygens (including phenoxy) is 3. The summed E-state index contributed by atoms with van der Waals surface area (Å²) in [5.41, 5.74) is 0. The van der Waals surface area contributed by atoms with Crippen molar-refractivity contribution >= 4 is 17.9 Å². The molecule has 0 aliphatic carbocycles. The van der Waals surface area contributed by atoms with E-state index in [2.05, 4.69) is 93.7 Å². The van der Waals surface area contributed by atoms with Crippen molar-refractivity contribution < 1.29 is 28.6 Å². The molecule has 0 spiro atoms. The Morgan fingerprint density at radius 3 is 0.759 bits per heavy atom.